The SMILES string of the molecule is CCOc1ccc(/C=N\NC(=O)c2cc3cc([N+](=O)[O-])ccc3s2)cc1OC. The molecule has 1 amide bonds. The molecule has 0 aliphatic rings. The van der Waals surface area contributed by atoms with Gasteiger partial charge in [-0.3, -0.25) is 14.9 Å². The standard InChI is InChI=1S/C19H17N3O5S/c1-3-27-15-6-4-12(8-16(15)26-2)11-20-21-19(23)18-10-13-9-14(22(24)25)5-7-17(13)28-18/h4-11H,3H2,1-2H3,(H,21,23)/b20-11-. The molecule has 3 rings (SSSR count). The predicted molar refractivity (Wildman–Crippen MR) is 108 cm³/mol. The van der Waals surface area contributed by atoms with E-state index in [2.05, 4.69) is 10.5 Å². The third-order valence-electron chi connectivity index (χ3n) is 3.80. The smallest absolute Gasteiger partial charge is 0.281 e. The summed E-state index contributed by atoms with van der Waals surface area (Å²) in [6, 6.07) is 11.4. The first-order chi connectivity index (χ1) is 13.5. The molecule has 0 saturated heterocycles. The number of non-ortho nitro benzene ring substituents is 1. The molecule has 0 atom stereocenters. The Morgan fingerprint density at radius 2 is 2.07 bits per heavy atom. The molecule has 8 nitrogen and oxygen atoms in total. The third kappa shape index (κ3) is 4.26. The number of hydrogen-bond acceptors (Lipinski definition) is 7. The van der Waals surface area contributed by atoms with E-state index in [9.17, 15) is 14.9 Å². The van der Waals surface area contributed by atoms with Gasteiger partial charge >= 0.3 is 0 Å². The zero-order valence-electron chi connectivity index (χ0n) is 15.2. The molecule has 0 aliphatic heterocycles. The summed E-state index contributed by atoms with van der Waals surface area (Å²) in [5, 5.41) is 15.5. The number of nitro benzene ring substituents is 1. The second-order valence-corrected chi connectivity index (χ2v) is 6.72. The molecule has 0 spiro atoms. The number of nitrogens with one attached hydrogen (secondary N) is 1. The number of rotatable bonds is 7. The summed E-state index contributed by atoms with van der Waals surface area (Å²) in [5.74, 6) is 0.812. The van der Waals surface area contributed by atoms with Crippen LogP contribution in [0, 0.1) is 10.1 Å². The van der Waals surface area contributed by atoms with Gasteiger partial charge in [-0.1, -0.05) is 0 Å². The van der Waals surface area contributed by atoms with Gasteiger partial charge in [0.2, 0.25) is 0 Å². The van der Waals surface area contributed by atoms with Crippen molar-refractivity contribution in [2.75, 3.05) is 13.7 Å². The van der Waals surface area contributed by atoms with E-state index in [1.54, 1.807) is 37.4 Å². The molecule has 0 aliphatic carbocycles. The fourth-order valence-corrected chi connectivity index (χ4v) is 3.45. The number of thiophene rings is 1. The van der Waals surface area contributed by atoms with Crippen molar-refractivity contribution in [3.8, 4) is 11.5 Å². The molecule has 0 fully saturated rings. The van der Waals surface area contributed by atoms with Crippen molar-refractivity contribution >= 4 is 39.2 Å². The largest absolute Gasteiger partial charge is 0.493 e. The number of amides is 1. The summed E-state index contributed by atoms with van der Waals surface area (Å²) in [6.45, 7) is 2.41. The summed E-state index contributed by atoms with van der Waals surface area (Å²) >= 11 is 1.24. The average Bonchev–Trinajstić information content (AvgIpc) is 3.12. The van der Waals surface area contributed by atoms with Gasteiger partial charge in [0, 0.05) is 22.2 Å². The molecule has 0 bridgehead atoms. The number of fused-ring (bicyclic) bond motifs is 1. The van der Waals surface area contributed by atoms with Crippen LogP contribution in [0.1, 0.15) is 22.2 Å². The number of methoxy groups -OCH3 is 1. The van der Waals surface area contributed by atoms with Crippen LogP contribution < -0.4 is 14.9 Å². The van der Waals surface area contributed by atoms with Crippen LogP contribution in [0.4, 0.5) is 5.69 Å². The van der Waals surface area contributed by atoms with Gasteiger partial charge in [0.05, 0.1) is 29.7 Å². The minimum atomic E-state index is -0.466. The molecular formula is C19H17N3O5S. The molecule has 3 aromatic rings. The first-order valence-corrected chi connectivity index (χ1v) is 9.15. The fraction of sp³-hybridized carbons (Fsp3) is 0.158. The van der Waals surface area contributed by atoms with E-state index in [4.69, 9.17) is 9.47 Å². The Morgan fingerprint density at radius 1 is 1.25 bits per heavy atom. The summed E-state index contributed by atoms with van der Waals surface area (Å²) in [7, 11) is 1.55. The van der Waals surface area contributed by atoms with Gasteiger partial charge in [-0.05, 0) is 42.8 Å². The summed E-state index contributed by atoms with van der Waals surface area (Å²) in [5.41, 5.74) is 3.17. The molecule has 9 heteroatoms. The van der Waals surface area contributed by atoms with Crippen LogP contribution in [0.3, 0.4) is 0 Å². The normalized spacial score (nSPS) is 10.9. The topological polar surface area (TPSA) is 103 Å². The number of ether oxygens (including phenoxy) is 2. The van der Waals surface area contributed by atoms with Crippen LogP contribution in [0.2, 0.25) is 0 Å². The van der Waals surface area contributed by atoms with E-state index in [1.807, 2.05) is 6.92 Å². The molecule has 1 N–H and O–H groups in total. The fourth-order valence-electron chi connectivity index (χ4n) is 2.52. The van der Waals surface area contributed by atoms with E-state index < -0.39 is 10.8 Å². The summed E-state index contributed by atoms with van der Waals surface area (Å²) < 4.78 is 11.5. The van der Waals surface area contributed by atoms with Crippen molar-refractivity contribution in [1.29, 1.82) is 0 Å². The van der Waals surface area contributed by atoms with Crippen molar-refractivity contribution in [2.45, 2.75) is 6.92 Å². The Bertz CT molecular complexity index is 1060. The predicted octanol–water partition coefficient (Wildman–Crippen LogP) is 3.98. The van der Waals surface area contributed by atoms with Gasteiger partial charge < -0.3 is 9.47 Å². The maximum absolute atomic E-state index is 12.3. The zero-order chi connectivity index (χ0) is 20.1. The first kappa shape index (κ1) is 19.3. The molecule has 144 valence electrons. The lowest BCUT2D eigenvalue weighted by atomic mass is 10.2. The van der Waals surface area contributed by atoms with Crippen LogP contribution in [0.15, 0.2) is 47.6 Å². The second kappa shape index (κ2) is 8.49. The molecule has 1 heterocycles. The number of carbonyl (C=O) groups excluding carboxylic acids is 1. The van der Waals surface area contributed by atoms with Gasteiger partial charge in [0.25, 0.3) is 11.6 Å². The molecule has 2 aromatic carbocycles. The highest BCUT2D eigenvalue weighted by molar-refractivity contribution is 7.20. The van der Waals surface area contributed by atoms with Crippen molar-refractivity contribution < 1.29 is 19.2 Å². The number of nitrogens with zero attached hydrogens (tertiary/aromatic N) is 2. The van der Waals surface area contributed by atoms with Crippen molar-refractivity contribution in [2.24, 2.45) is 5.10 Å². The van der Waals surface area contributed by atoms with E-state index >= 15 is 0 Å². The Labute approximate surface area is 164 Å². The quantitative estimate of drug-likeness (QED) is 0.368. The van der Waals surface area contributed by atoms with Crippen LogP contribution in [0.5, 0.6) is 11.5 Å². The number of carbonyl (C=O) groups is 1. The van der Waals surface area contributed by atoms with Gasteiger partial charge in [-0.2, -0.15) is 5.10 Å². The lowest BCUT2D eigenvalue weighted by Crippen LogP contribution is -2.16. The summed E-state index contributed by atoms with van der Waals surface area (Å²) in [4.78, 5) is 23.1. The molecule has 0 saturated carbocycles. The first-order valence-electron chi connectivity index (χ1n) is 8.34. The van der Waals surface area contributed by atoms with Crippen LogP contribution in [-0.2, 0) is 0 Å². The maximum atomic E-state index is 12.3. The van der Waals surface area contributed by atoms with Gasteiger partial charge in [0.15, 0.2) is 11.5 Å². The highest BCUT2D eigenvalue weighted by Crippen LogP contribution is 2.29. The Morgan fingerprint density at radius 3 is 2.79 bits per heavy atom. The lowest BCUT2D eigenvalue weighted by molar-refractivity contribution is -0.384. The molecule has 28 heavy (non-hydrogen) atoms. The Hall–Kier alpha value is -3.46. The minimum Gasteiger partial charge on any atom is -0.493 e. The van der Waals surface area contributed by atoms with Gasteiger partial charge in [0.1, 0.15) is 0 Å². The van der Waals surface area contributed by atoms with Crippen molar-refractivity contribution in [1.82, 2.24) is 5.43 Å². The van der Waals surface area contributed by atoms with Crippen LogP contribution >= 0.6 is 11.3 Å². The molecular weight excluding hydrogens is 382 g/mol. The highest BCUT2D eigenvalue weighted by Gasteiger charge is 2.13. The molecule has 1 aromatic heterocycles. The summed E-state index contributed by atoms with van der Waals surface area (Å²) in [6.07, 6.45) is 1.49. The van der Waals surface area contributed by atoms with Gasteiger partial charge in [-0.15, -0.1) is 11.3 Å². The van der Waals surface area contributed by atoms with Gasteiger partial charge in [-0.25, -0.2) is 5.43 Å². The van der Waals surface area contributed by atoms with E-state index in [0.29, 0.717) is 28.4 Å². The zero-order valence-corrected chi connectivity index (χ0v) is 16.0. The van der Waals surface area contributed by atoms with Crippen LogP contribution in [-0.4, -0.2) is 30.8 Å². The number of hydrazone groups is 1. The monoisotopic (exact) mass is 399 g/mol. The maximum Gasteiger partial charge on any atom is 0.281 e. The second-order valence-electron chi connectivity index (χ2n) is 5.63. The molecule has 0 radical (unpaired) electrons. The average molecular weight is 399 g/mol. The number of benzene rings is 2. The third-order valence-corrected chi connectivity index (χ3v) is 4.92. The number of hydrogen-bond donors (Lipinski definition) is 1. The van der Waals surface area contributed by atoms with E-state index in [0.717, 1.165) is 10.3 Å². The Kier molecular flexibility index (Phi) is 5.85. The lowest BCUT2D eigenvalue weighted by Gasteiger charge is -2.09. The minimum absolute atomic E-state index is 0.0141. The van der Waals surface area contributed by atoms with E-state index in [1.165, 1.54) is 29.7 Å². The van der Waals surface area contributed by atoms with Crippen LogP contribution in [0.25, 0.3) is 10.1 Å². The van der Waals surface area contributed by atoms with Crippen molar-refractivity contribution in [3.63, 3.8) is 0 Å². The highest BCUT2D eigenvalue weighted by atomic mass is 32.1. The number of nitro groups is 1. The Balaban J connectivity index is 1.71. The van der Waals surface area contributed by atoms with Crippen molar-refractivity contribution in [3.05, 3.63) is 63.0 Å². The molecule has 0 unspecified atom stereocenters. The van der Waals surface area contributed by atoms with E-state index in [-0.39, 0.29) is 5.69 Å².